The number of nitrogens with one attached hydrogen (secondary N) is 2. The molecule has 2 aromatic carbocycles. The van der Waals surface area contributed by atoms with Gasteiger partial charge in [0.05, 0.1) is 13.1 Å². The van der Waals surface area contributed by atoms with Crippen LogP contribution in [-0.2, 0) is 13.1 Å². The van der Waals surface area contributed by atoms with Gasteiger partial charge in [0, 0.05) is 35.9 Å². The molecule has 1 aromatic heterocycles. The van der Waals surface area contributed by atoms with Crippen molar-refractivity contribution in [3.8, 4) is 10.6 Å². The molecule has 0 atom stereocenters. The lowest BCUT2D eigenvalue weighted by molar-refractivity contribution is -0.901. The molecule has 4 nitrogen and oxygen atoms in total. The summed E-state index contributed by atoms with van der Waals surface area (Å²) in [4.78, 5) is 18.7. The Labute approximate surface area is 163 Å². The van der Waals surface area contributed by atoms with E-state index in [0.29, 0.717) is 12.2 Å². The lowest BCUT2D eigenvalue weighted by Gasteiger charge is -2.15. The van der Waals surface area contributed by atoms with Crippen LogP contribution in [0.3, 0.4) is 0 Å². The molecular weight excluding hydrogens is 354 g/mol. The first-order valence-electron chi connectivity index (χ1n) is 9.49. The predicted molar refractivity (Wildman–Crippen MR) is 109 cm³/mol. The highest BCUT2D eigenvalue weighted by Crippen LogP contribution is 2.23. The maximum Gasteiger partial charge on any atom is 0.271 e. The van der Waals surface area contributed by atoms with E-state index in [1.54, 1.807) is 4.90 Å². The number of hydrogen-bond acceptors (Lipinski definition) is 3. The smallest absolute Gasteiger partial charge is 0.271 e. The van der Waals surface area contributed by atoms with Crippen molar-refractivity contribution in [1.29, 1.82) is 0 Å². The van der Waals surface area contributed by atoms with Gasteiger partial charge in [0.2, 0.25) is 0 Å². The van der Waals surface area contributed by atoms with E-state index in [0.717, 1.165) is 17.1 Å². The Balaban J connectivity index is 1.40. The zero-order valence-corrected chi connectivity index (χ0v) is 16.1. The van der Waals surface area contributed by atoms with E-state index in [4.69, 9.17) is 0 Å². The van der Waals surface area contributed by atoms with Gasteiger partial charge in [0.1, 0.15) is 17.2 Å². The van der Waals surface area contributed by atoms with Crippen LogP contribution in [0, 0.1) is 0 Å². The number of rotatable bonds is 6. The Bertz CT molecular complexity index is 901. The van der Waals surface area contributed by atoms with E-state index in [1.165, 1.54) is 48.4 Å². The third-order valence-electron chi connectivity index (χ3n) is 5.07. The minimum absolute atomic E-state index is 0.114. The topological polar surface area (TPSA) is 46.4 Å². The van der Waals surface area contributed by atoms with E-state index in [2.05, 4.69) is 28.5 Å². The van der Waals surface area contributed by atoms with E-state index in [9.17, 15) is 4.79 Å². The van der Waals surface area contributed by atoms with Crippen LogP contribution in [0.15, 0.2) is 60.0 Å². The Morgan fingerprint density at radius 1 is 1.00 bits per heavy atom. The average Bonchev–Trinajstić information content (AvgIpc) is 3.40. The Morgan fingerprint density at radius 2 is 1.70 bits per heavy atom. The molecule has 0 saturated carbocycles. The van der Waals surface area contributed by atoms with Gasteiger partial charge >= 0.3 is 0 Å². The number of aromatic nitrogens is 1. The Morgan fingerprint density at radius 3 is 2.48 bits per heavy atom. The lowest BCUT2D eigenvalue weighted by atomic mass is 10.1. The number of likely N-dealkylation sites (tertiary alicyclic amines) is 1. The summed E-state index contributed by atoms with van der Waals surface area (Å²) in [6.07, 6.45) is 2.64. The first kappa shape index (κ1) is 17.9. The fourth-order valence-electron chi connectivity index (χ4n) is 3.58. The molecule has 0 unspecified atom stereocenters. The first-order chi connectivity index (χ1) is 13.3. The monoisotopic (exact) mass is 378 g/mol. The number of thiazole rings is 1. The molecule has 1 aliphatic rings. The van der Waals surface area contributed by atoms with Crippen molar-refractivity contribution in [3.63, 3.8) is 0 Å². The van der Waals surface area contributed by atoms with Gasteiger partial charge in [0.25, 0.3) is 5.91 Å². The van der Waals surface area contributed by atoms with Gasteiger partial charge in [-0.05, 0) is 5.56 Å². The number of carbonyl (C=O) groups is 1. The molecular formula is C22H24N3OS+. The molecule has 1 aliphatic heterocycles. The average molecular weight is 379 g/mol. The van der Waals surface area contributed by atoms with Gasteiger partial charge < -0.3 is 10.2 Å². The lowest BCUT2D eigenvalue weighted by Crippen LogP contribution is -3.08. The zero-order valence-electron chi connectivity index (χ0n) is 15.3. The minimum atomic E-state index is -0.114. The van der Waals surface area contributed by atoms with Crippen molar-refractivity contribution in [2.75, 3.05) is 13.1 Å². The molecule has 0 radical (unpaired) electrons. The molecule has 2 heterocycles. The second kappa shape index (κ2) is 8.46. The minimum Gasteiger partial charge on any atom is -0.347 e. The van der Waals surface area contributed by atoms with Crippen molar-refractivity contribution < 1.29 is 9.69 Å². The van der Waals surface area contributed by atoms with Gasteiger partial charge in [-0.3, -0.25) is 4.79 Å². The summed E-state index contributed by atoms with van der Waals surface area (Å²) in [7, 11) is 0. The van der Waals surface area contributed by atoms with Crippen molar-refractivity contribution in [1.82, 2.24) is 10.3 Å². The molecule has 4 rings (SSSR count). The molecule has 1 amide bonds. The largest absolute Gasteiger partial charge is 0.347 e. The highest BCUT2D eigenvalue weighted by Gasteiger charge is 2.18. The van der Waals surface area contributed by atoms with Crippen LogP contribution in [0.2, 0.25) is 0 Å². The fourth-order valence-corrected chi connectivity index (χ4v) is 4.39. The van der Waals surface area contributed by atoms with Gasteiger partial charge in [-0.15, -0.1) is 11.3 Å². The number of amides is 1. The maximum atomic E-state index is 12.5. The fraction of sp³-hybridized carbons (Fsp3) is 0.273. The maximum absolute atomic E-state index is 12.5. The Hall–Kier alpha value is -2.50. The third kappa shape index (κ3) is 4.43. The summed E-state index contributed by atoms with van der Waals surface area (Å²) >= 11 is 1.50. The summed E-state index contributed by atoms with van der Waals surface area (Å²) in [5, 5.41) is 5.75. The highest BCUT2D eigenvalue weighted by molar-refractivity contribution is 7.13. The number of quaternary nitrogens is 1. The molecule has 1 fully saturated rings. The summed E-state index contributed by atoms with van der Waals surface area (Å²) in [5.41, 5.74) is 4.06. The third-order valence-corrected chi connectivity index (χ3v) is 5.96. The number of hydrogen-bond donors (Lipinski definition) is 2. The summed E-state index contributed by atoms with van der Waals surface area (Å²) in [6, 6.07) is 18.4. The van der Waals surface area contributed by atoms with E-state index >= 15 is 0 Å². The molecule has 0 aliphatic carbocycles. The molecule has 27 heavy (non-hydrogen) atoms. The van der Waals surface area contributed by atoms with Crippen LogP contribution in [0.1, 0.15) is 34.5 Å². The first-order valence-corrected chi connectivity index (χ1v) is 10.4. The van der Waals surface area contributed by atoms with Crippen molar-refractivity contribution >= 4 is 17.2 Å². The van der Waals surface area contributed by atoms with Gasteiger partial charge in [-0.1, -0.05) is 54.6 Å². The van der Waals surface area contributed by atoms with Crippen LogP contribution < -0.4 is 10.2 Å². The van der Waals surface area contributed by atoms with Crippen LogP contribution in [-0.4, -0.2) is 24.0 Å². The van der Waals surface area contributed by atoms with Crippen LogP contribution in [0.5, 0.6) is 0 Å². The second-order valence-corrected chi connectivity index (χ2v) is 7.85. The van der Waals surface area contributed by atoms with Gasteiger partial charge in [0.15, 0.2) is 0 Å². The SMILES string of the molecule is O=C(NCc1ccccc1C[NH+]1CCCC1)c1csc(-c2ccccc2)n1. The molecule has 138 valence electrons. The summed E-state index contributed by atoms with van der Waals surface area (Å²) < 4.78 is 0. The predicted octanol–water partition coefficient (Wildman–Crippen LogP) is 2.92. The van der Waals surface area contributed by atoms with E-state index in [1.807, 2.05) is 41.8 Å². The van der Waals surface area contributed by atoms with Crippen molar-refractivity contribution in [2.45, 2.75) is 25.9 Å². The number of carbonyl (C=O) groups excluding carboxylic acids is 1. The summed E-state index contributed by atoms with van der Waals surface area (Å²) in [5.74, 6) is -0.114. The zero-order chi connectivity index (χ0) is 18.5. The number of benzene rings is 2. The molecule has 3 aromatic rings. The van der Waals surface area contributed by atoms with Gasteiger partial charge in [-0.2, -0.15) is 0 Å². The molecule has 2 N–H and O–H groups in total. The molecule has 1 saturated heterocycles. The highest BCUT2D eigenvalue weighted by atomic mass is 32.1. The second-order valence-electron chi connectivity index (χ2n) is 6.99. The van der Waals surface area contributed by atoms with E-state index < -0.39 is 0 Å². The molecule has 5 heteroatoms. The van der Waals surface area contributed by atoms with Crippen LogP contribution in [0.25, 0.3) is 10.6 Å². The Kier molecular flexibility index (Phi) is 5.61. The van der Waals surface area contributed by atoms with Crippen molar-refractivity contribution in [2.24, 2.45) is 0 Å². The van der Waals surface area contributed by atoms with Crippen LogP contribution >= 0.6 is 11.3 Å². The normalized spacial score (nSPS) is 14.4. The standard InChI is InChI=1S/C22H23N3OS/c26-21(20-16-27-22(24-20)17-8-2-1-3-9-17)23-14-18-10-4-5-11-19(18)15-25-12-6-7-13-25/h1-5,8-11,16H,6-7,12-15H2,(H,23,26)/p+1. The number of nitrogens with zero attached hydrogens (tertiary/aromatic N) is 1. The molecule has 0 bridgehead atoms. The van der Waals surface area contributed by atoms with E-state index in [-0.39, 0.29) is 5.91 Å². The summed E-state index contributed by atoms with van der Waals surface area (Å²) in [6.45, 7) is 4.09. The quantitative estimate of drug-likeness (QED) is 0.693. The van der Waals surface area contributed by atoms with Crippen molar-refractivity contribution in [3.05, 3.63) is 76.8 Å². The van der Waals surface area contributed by atoms with Gasteiger partial charge in [-0.25, -0.2) is 4.98 Å². The van der Waals surface area contributed by atoms with Crippen LogP contribution in [0.4, 0.5) is 0 Å². The molecule has 0 spiro atoms.